The van der Waals surface area contributed by atoms with Gasteiger partial charge in [0.05, 0.1) is 23.4 Å². The Bertz CT molecular complexity index is 1550. The first kappa shape index (κ1) is 21.5. The number of aromatic amines is 1. The molecule has 0 bridgehead atoms. The van der Waals surface area contributed by atoms with E-state index in [0.717, 1.165) is 34.5 Å². The number of carbonyl (C=O) groups excluding carboxylic acids is 1. The molecule has 1 amide bonds. The minimum absolute atomic E-state index is 0.0392. The number of nitrogens with zero attached hydrogens (tertiary/aromatic N) is 7. The van der Waals surface area contributed by atoms with Crippen molar-refractivity contribution in [1.82, 2.24) is 39.8 Å². The largest absolute Gasteiger partial charge is 0.508 e. The fourth-order valence-corrected chi connectivity index (χ4v) is 4.07. The molecule has 2 N–H and O–H groups in total. The number of aryl methyl sites for hydroxylation is 2. The molecule has 10 nitrogen and oxygen atoms in total. The third-order valence-corrected chi connectivity index (χ3v) is 6.00. The van der Waals surface area contributed by atoms with Crippen molar-refractivity contribution in [3.63, 3.8) is 0 Å². The van der Waals surface area contributed by atoms with Crippen molar-refractivity contribution in [2.75, 3.05) is 7.05 Å². The van der Waals surface area contributed by atoms with E-state index in [2.05, 4.69) is 30.2 Å². The summed E-state index contributed by atoms with van der Waals surface area (Å²) in [5.74, 6) is 0.139. The fraction of sp³-hybridized carbons (Fsp3) is 0.250. The molecule has 0 unspecified atom stereocenters. The number of hydrogen-bond acceptors (Lipinski definition) is 7. The van der Waals surface area contributed by atoms with Crippen LogP contribution >= 0.6 is 0 Å². The van der Waals surface area contributed by atoms with Crippen molar-refractivity contribution < 1.29 is 9.90 Å². The summed E-state index contributed by atoms with van der Waals surface area (Å²) in [6, 6.07) is 6.62. The van der Waals surface area contributed by atoms with Gasteiger partial charge in [0, 0.05) is 48.0 Å². The van der Waals surface area contributed by atoms with Crippen molar-refractivity contribution in [3.8, 4) is 17.1 Å². The zero-order valence-electron chi connectivity index (χ0n) is 19.4. The lowest BCUT2D eigenvalue weighted by Crippen LogP contribution is -2.28. The fourth-order valence-electron chi connectivity index (χ4n) is 4.07. The van der Waals surface area contributed by atoms with Gasteiger partial charge in [0.1, 0.15) is 17.0 Å². The molecule has 0 aliphatic heterocycles. The highest BCUT2D eigenvalue weighted by Gasteiger charge is 2.22. The Morgan fingerprint density at radius 1 is 1.12 bits per heavy atom. The average Bonchev–Trinajstić information content (AvgIpc) is 3.43. The molecule has 0 saturated carbocycles. The van der Waals surface area contributed by atoms with Crippen LogP contribution in [0.25, 0.3) is 33.3 Å². The van der Waals surface area contributed by atoms with E-state index in [1.54, 1.807) is 36.5 Å². The second-order valence-corrected chi connectivity index (χ2v) is 8.25. The number of carbonyl (C=O) groups is 1. The van der Waals surface area contributed by atoms with E-state index in [4.69, 9.17) is 0 Å². The molecule has 0 fully saturated rings. The SMILES string of the molecule is CCn1ncc(CN(C)C(=O)c2nc(-c3cc4[nH]ncc4nc3C)nc3ccc(O)cc23)c1C. The Kier molecular flexibility index (Phi) is 5.20. The molecule has 0 radical (unpaired) electrons. The van der Waals surface area contributed by atoms with E-state index < -0.39 is 0 Å². The van der Waals surface area contributed by atoms with Crippen LogP contribution in [-0.4, -0.2) is 57.9 Å². The minimum Gasteiger partial charge on any atom is -0.508 e. The molecular formula is C24H24N8O2. The van der Waals surface area contributed by atoms with E-state index in [1.807, 2.05) is 31.5 Å². The first-order valence-electron chi connectivity index (χ1n) is 10.9. The lowest BCUT2D eigenvalue weighted by Gasteiger charge is -2.18. The van der Waals surface area contributed by atoms with Crippen LogP contribution in [0.15, 0.2) is 36.7 Å². The summed E-state index contributed by atoms with van der Waals surface area (Å²) in [5, 5.41) is 21.9. The van der Waals surface area contributed by atoms with E-state index in [1.165, 1.54) is 6.07 Å². The lowest BCUT2D eigenvalue weighted by atomic mass is 10.1. The highest BCUT2D eigenvalue weighted by Crippen LogP contribution is 2.28. The number of nitrogens with one attached hydrogen (secondary N) is 1. The number of fused-ring (bicyclic) bond motifs is 2. The van der Waals surface area contributed by atoms with Crippen molar-refractivity contribution in [2.24, 2.45) is 0 Å². The van der Waals surface area contributed by atoms with Crippen molar-refractivity contribution in [1.29, 1.82) is 0 Å². The highest BCUT2D eigenvalue weighted by atomic mass is 16.3. The molecule has 0 aliphatic carbocycles. The molecule has 172 valence electrons. The first-order chi connectivity index (χ1) is 16.4. The number of aromatic nitrogens is 7. The van der Waals surface area contributed by atoms with Crippen LogP contribution in [0.5, 0.6) is 5.75 Å². The number of H-pyrrole nitrogens is 1. The summed E-state index contributed by atoms with van der Waals surface area (Å²) in [7, 11) is 1.73. The zero-order valence-corrected chi connectivity index (χ0v) is 19.4. The van der Waals surface area contributed by atoms with Gasteiger partial charge in [-0.15, -0.1) is 0 Å². The Hall–Kier alpha value is -4.34. The van der Waals surface area contributed by atoms with Gasteiger partial charge in [-0.3, -0.25) is 14.6 Å². The normalized spacial score (nSPS) is 11.4. The van der Waals surface area contributed by atoms with Gasteiger partial charge in [-0.2, -0.15) is 10.2 Å². The molecule has 34 heavy (non-hydrogen) atoms. The third-order valence-electron chi connectivity index (χ3n) is 6.00. The van der Waals surface area contributed by atoms with E-state index >= 15 is 0 Å². The molecule has 0 atom stereocenters. The maximum atomic E-state index is 13.6. The van der Waals surface area contributed by atoms with Crippen molar-refractivity contribution in [3.05, 3.63) is 59.3 Å². The number of amides is 1. The molecule has 5 aromatic rings. The van der Waals surface area contributed by atoms with Gasteiger partial charge in [0.15, 0.2) is 5.82 Å². The number of rotatable bonds is 5. The minimum atomic E-state index is -0.281. The molecule has 10 heteroatoms. The van der Waals surface area contributed by atoms with Gasteiger partial charge < -0.3 is 10.0 Å². The number of phenols is 1. The van der Waals surface area contributed by atoms with Crippen molar-refractivity contribution >= 4 is 27.8 Å². The molecule has 0 saturated heterocycles. The number of hydrogen-bond donors (Lipinski definition) is 2. The Balaban J connectivity index is 1.61. The standard InChI is InChI=1S/C24H24N8O2/c1-5-32-14(3)15(10-26-32)12-31(4)24(34)22-18-8-16(33)6-7-19(18)28-23(29-22)17-9-20-21(11-25-30-20)27-13(17)2/h6-11,33H,5,12H2,1-4H3,(H,25,30). The lowest BCUT2D eigenvalue weighted by molar-refractivity contribution is 0.0781. The maximum Gasteiger partial charge on any atom is 0.273 e. The van der Waals surface area contributed by atoms with E-state index in [9.17, 15) is 9.90 Å². The second-order valence-electron chi connectivity index (χ2n) is 8.25. The third kappa shape index (κ3) is 3.62. The quantitative estimate of drug-likeness (QED) is 0.415. The summed E-state index contributed by atoms with van der Waals surface area (Å²) >= 11 is 0. The van der Waals surface area contributed by atoms with Gasteiger partial charge in [-0.25, -0.2) is 15.0 Å². The second kappa shape index (κ2) is 8.22. The molecule has 1 aromatic carbocycles. The van der Waals surface area contributed by atoms with Crippen LogP contribution in [0, 0.1) is 13.8 Å². The average molecular weight is 457 g/mol. The number of aromatic hydroxyl groups is 1. The predicted molar refractivity (Wildman–Crippen MR) is 127 cm³/mol. The molecule has 4 heterocycles. The van der Waals surface area contributed by atoms with Crippen LogP contribution in [-0.2, 0) is 13.1 Å². The van der Waals surface area contributed by atoms with Crippen LogP contribution in [0.1, 0.15) is 34.4 Å². The van der Waals surface area contributed by atoms with Gasteiger partial charge in [0.2, 0.25) is 0 Å². The van der Waals surface area contributed by atoms with Crippen LogP contribution in [0.2, 0.25) is 0 Å². The van der Waals surface area contributed by atoms with Crippen LogP contribution in [0.3, 0.4) is 0 Å². The predicted octanol–water partition coefficient (Wildman–Crippen LogP) is 3.38. The smallest absolute Gasteiger partial charge is 0.273 e. The maximum absolute atomic E-state index is 13.6. The van der Waals surface area contributed by atoms with Gasteiger partial charge in [-0.1, -0.05) is 0 Å². The molecule has 0 spiro atoms. The van der Waals surface area contributed by atoms with E-state index in [0.29, 0.717) is 28.8 Å². The zero-order chi connectivity index (χ0) is 24.0. The summed E-state index contributed by atoms with van der Waals surface area (Å²) in [6.45, 7) is 7.02. The Labute approximate surface area is 195 Å². The van der Waals surface area contributed by atoms with Crippen molar-refractivity contribution in [2.45, 2.75) is 33.9 Å². The van der Waals surface area contributed by atoms with Crippen LogP contribution < -0.4 is 0 Å². The van der Waals surface area contributed by atoms with Gasteiger partial charge >= 0.3 is 0 Å². The first-order valence-corrected chi connectivity index (χ1v) is 10.9. The molecular weight excluding hydrogens is 432 g/mol. The summed E-state index contributed by atoms with van der Waals surface area (Å²) in [5.41, 5.74) is 5.66. The Morgan fingerprint density at radius 3 is 2.71 bits per heavy atom. The van der Waals surface area contributed by atoms with Gasteiger partial charge in [-0.05, 0) is 45.0 Å². The number of pyridine rings is 1. The summed E-state index contributed by atoms with van der Waals surface area (Å²) in [6.07, 6.45) is 3.44. The summed E-state index contributed by atoms with van der Waals surface area (Å²) < 4.78 is 1.89. The number of benzene rings is 1. The summed E-state index contributed by atoms with van der Waals surface area (Å²) in [4.78, 5) is 29.1. The highest BCUT2D eigenvalue weighted by molar-refractivity contribution is 6.05. The molecule has 4 aromatic heterocycles. The van der Waals surface area contributed by atoms with Crippen LogP contribution in [0.4, 0.5) is 0 Å². The number of phenolic OH excluding ortho intramolecular Hbond substituents is 1. The van der Waals surface area contributed by atoms with E-state index in [-0.39, 0.29) is 17.4 Å². The molecule has 5 rings (SSSR count). The monoisotopic (exact) mass is 456 g/mol. The van der Waals surface area contributed by atoms with Gasteiger partial charge in [0.25, 0.3) is 5.91 Å². The topological polar surface area (TPSA) is 126 Å². The molecule has 0 aliphatic rings. The Morgan fingerprint density at radius 2 is 1.94 bits per heavy atom.